The summed E-state index contributed by atoms with van der Waals surface area (Å²) in [5.41, 5.74) is 1.39. The molecule has 0 radical (unpaired) electrons. The van der Waals surface area contributed by atoms with Crippen LogP contribution in [0.2, 0.25) is 0 Å². The molecule has 0 N–H and O–H groups in total. The SMILES string of the molecule is Cc1nc(C2CC2)ncc1C=O. The van der Waals surface area contributed by atoms with E-state index >= 15 is 0 Å². The molecule has 0 aromatic carbocycles. The molecule has 1 aliphatic rings. The van der Waals surface area contributed by atoms with Crippen LogP contribution in [0.5, 0.6) is 0 Å². The van der Waals surface area contributed by atoms with Crippen molar-refractivity contribution >= 4 is 6.29 Å². The summed E-state index contributed by atoms with van der Waals surface area (Å²) in [6.07, 6.45) is 4.80. The van der Waals surface area contributed by atoms with Gasteiger partial charge in [-0.15, -0.1) is 0 Å². The highest BCUT2D eigenvalue weighted by molar-refractivity contribution is 5.75. The molecular formula is C9H10N2O. The molecule has 1 fully saturated rings. The van der Waals surface area contributed by atoms with E-state index in [0.29, 0.717) is 11.5 Å². The standard InChI is InChI=1S/C9H10N2O/c1-6-8(5-12)4-10-9(11-6)7-2-3-7/h4-5,7H,2-3H2,1H3. The van der Waals surface area contributed by atoms with Crippen LogP contribution in [-0.4, -0.2) is 16.3 Å². The van der Waals surface area contributed by atoms with Gasteiger partial charge in [-0.1, -0.05) is 0 Å². The molecule has 12 heavy (non-hydrogen) atoms. The molecule has 1 aromatic heterocycles. The van der Waals surface area contributed by atoms with Crippen LogP contribution in [0.15, 0.2) is 6.20 Å². The zero-order valence-corrected chi connectivity index (χ0v) is 6.95. The molecule has 0 atom stereocenters. The molecule has 0 spiro atoms. The molecule has 0 amide bonds. The molecule has 0 aliphatic heterocycles. The van der Waals surface area contributed by atoms with Gasteiger partial charge in [0.1, 0.15) is 5.82 Å². The van der Waals surface area contributed by atoms with Crippen molar-refractivity contribution in [1.82, 2.24) is 9.97 Å². The van der Waals surface area contributed by atoms with E-state index in [-0.39, 0.29) is 0 Å². The fraction of sp³-hybridized carbons (Fsp3) is 0.444. The monoisotopic (exact) mass is 162 g/mol. The van der Waals surface area contributed by atoms with E-state index in [1.54, 1.807) is 6.20 Å². The number of carbonyl (C=O) groups is 1. The number of hydrogen-bond acceptors (Lipinski definition) is 3. The number of aldehydes is 1. The number of nitrogens with zero attached hydrogens (tertiary/aromatic N) is 2. The summed E-state index contributed by atoms with van der Waals surface area (Å²) >= 11 is 0. The number of rotatable bonds is 2. The minimum atomic E-state index is 0.560. The predicted molar refractivity (Wildman–Crippen MR) is 44.1 cm³/mol. The molecule has 0 saturated heterocycles. The lowest BCUT2D eigenvalue weighted by Crippen LogP contribution is -1.98. The van der Waals surface area contributed by atoms with Gasteiger partial charge in [-0.3, -0.25) is 4.79 Å². The van der Waals surface area contributed by atoms with Gasteiger partial charge in [0.05, 0.1) is 11.3 Å². The number of aryl methyl sites for hydroxylation is 1. The Labute approximate surface area is 70.9 Å². The lowest BCUT2D eigenvalue weighted by Gasteiger charge is -1.99. The Morgan fingerprint density at radius 1 is 1.58 bits per heavy atom. The summed E-state index contributed by atoms with van der Waals surface area (Å²) in [5, 5.41) is 0. The number of carbonyl (C=O) groups excluding carboxylic acids is 1. The second-order valence-electron chi connectivity index (χ2n) is 3.16. The molecule has 1 aromatic rings. The predicted octanol–water partition coefficient (Wildman–Crippen LogP) is 1.47. The first-order valence-corrected chi connectivity index (χ1v) is 4.10. The minimum absolute atomic E-state index is 0.560. The minimum Gasteiger partial charge on any atom is -0.298 e. The lowest BCUT2D eigenvalue weighted by atomic mass is 10.2. The van der Waals surface area contributed by atoms with Crippen molar-refractivity contribution < 1.29 is 4.79 Å². The van der Waals surface area contributed by atoms with Gasteiger partial charge in [0.2, 0.25) is 0 Å². The van der Waals surface area contributed by atoms with Crippen molar-refractivity contribution in [1.29, 1.82) is 0 Å². The smallest absolute Gasteiger partial charge is 0.153 e. The fourth-order valence-corrected chi connectivity index (χ4v) is 1.15. The van der Waals surface area contributed by atoms with Gasteiger partial charge in [-0.2, -0.15) is 0 Å². The number of hydrogen-bond donors (Lipinski definition) is 0. The Hall–Kier alpha value is -1.25. The number of aromatic nitrogens is 2. The zero-order chi connectivity index (χ0) is 8.55. The molecule has 0 bridgehead atoms. The van der Waals surface area contributed by atoms with Crippen LogP contribution < -0.4 is 0 Å². The maximum Gasteiger partial charge on any atom is 0.153 e. The summed E-state index contributed by atoms with van der Waals surface area (Å²) in [6, 6.07) is 0. The van der Waals surface area contributed by atoms with Crippen LogP contribution in [-0.2, 0) is 0 Å². The summed E-state index contributed by atoms with van der Waals surface area (Å²) in [5.74, 6) is 1.46. The highest BCUT2D eigenvalue weighted by Crippen LogP contribution is 2.37. The molecule has 2 rings (SSSR count). The highest BCUT2D eigenvalue weighted by Gasteiger charge is 2.26. The summed E-state index contributed by atoms with van der Waals surface area (Å²) in [4.78, 5) is 18.8. The van der Waals surface area contributed by atoms with E-state index in [1.165, 1.54) is 12.8 Å². The topological polar surface area (TPSA) is 42.9 Å². The van der Waals surface area contributed by atoms with E-state index < -0.39 is 0 Å². The van der Waals surface area contributed by atoms with Gasteiger partial charge in [-0.25, -0.2) is 9.97 Å². The molecule has 3 nitrogen and oxygen atoms in total. The third kappa shape index (κ3) is 1.22. The Bertz CT molecular complexity index is 318. The molecule has 0 unspecified atom stereocenters. The van der Waals surface area contributed by atoms with Gasteiger partial charge in [-0.05, 0) is 19.8 Å². The molecule has 1 saturated carbocycles. The molecule has 62 valence electrons. The van der Waals surface area contributed by atoms with E-state index in [0.717, 1.165) is 17.8 Å². The van der Waals surface area contributed by atoms with E-state index in [1.807, 2.05) is 6.92 Å². The van der Waals surface area contributed by atoms with Crippen molar-refractivity contribution in [2.75, 3.05) is 0 Å². The third-order valence-corrected chi connectivity index (χ3v) is 2.11. The quantitative estimate of drug-likeness (QED) is 0.618. The largest absolute Gasteiger partial charge is 0.298 e. The lowest BCUT2D eigenvalue weighted by molar-refractivity contribution is 0.112. The fourth-order valence-electron chi connectivity index (χ4n) is 1.15. The maximum atomic E-state index is 10.4. The van der Waals surface area contributed by atoms with Crippen LogP contribution in [0.4, 0.5) is 0 Å². The van der Waals surface area contributed by atoms with E-state index in [9.17, 15) is 4.79 Å². The first-order chi connectivity index (χ1) is 5.81. The first kappa shape index (κ1) is 7.40. The molecular weight excluding hydrogens is 152 g/mol. The van der Waals surface area contributed by atoms with Crippen molar-refractivity contribution in [3.63, 3.8) is 0 Å². The average molecular weight is 162 g/mol. The van der Waals surface area contributed by atoms with Crippen LogP contribution >= 0.6 is 0 Å². The van der Waals surface area contributed by atoms with E-state index in [4.69, 9.17) is 0 Å². The van der Waals surface area contributed by atoms with Crippen molar-refractivity contribution in [2.24, 2.45) is 0 Å². The summed E-state index contributed by atoms with van der Waals surface area (Å²) < 4.78 is 0. The average Bonchev–Trinajstić information content (AvgIpc) is 2.86. The van der Waals surface area contributed by atoms with E-state index in [2.05, 4.69) is 9.97 Å². The second kappa shape index (κ2) is 2.66. The Kier molecular flexibility index (Phi) is 1.64. The van der Waals surface area contributed by atoms with Crippen LogP contribution in [0.3, 0.4) is 0 Å². The third-order valence-electron chi connectivity index (χ3n) is 2.11. The van der Waals surface area contributed by atoms with Crippen molar-refractivity contribution in [3.8, 4) is 0 Å². The van der Waals surface area contributed by atoms with Gasteiger partial charge < -0.3 is 0 Å². The van der Waals surface area contributed by atoms with Crippen LogP contribution in [0.25, 0.3) is 0 Å². The normalized spacial score (nSPS) is 16.1. The highest BCUT2D eigenvalue weighted by atomic mass is 16.1. The Balaban J connectivity index is 2.36. The van der Waals surface area contributed by atoms with Gasteiger partial charge in [0.15, 0.2) is 6.29 Å². The van der Waals surface area contributed by atoms with Gasteiger partial charge in [0.25, 0.3) is 0 Å². The molecule has 1 heterocycles. The first-order valence-electron chi connectivity index (χ1n) is 4.10. The van der Waals surface area contributed by atoms with Crippen molar-refractivity contribution in [2.45, 2.75) is 25.7 Å². The molecule has 3 heteroatoms. The Morgan fingerprint density at radius 2 is 2.33 bits per heavy atom. The van der Waals surface area contributed by atoms with Gasteiger partial charge >= 0.3 is 0 Å². The second-order valence-corrected chi connectivity index (χ2v) is 3.16. The summed E-state index contributed by atoms with van der Waals surface area (Å²) in [6.45, 7) is 1.84. The zero-order valence-electron chi connectivity index (χ0n) is 6.95. The molecule has 1 aliphatic carbocycles. The van der Waals surface area contributed by atoms with Gasteiger partial charge in [0, 0.05) is 12.1 Å². The van der Waals surface area contributed by atoms with Crippen LogP contribution in [0.1, 0.15) is 40.6 Å². The summed E-state index contributed by atoms with van der Waals surface area (Å²) in [7, 11) is 0. The van der Waals surface area contributed by atoms with Crippen molar-refractivity contribution in [3.05, 3.63) is 23.3 Å². The maximum absolute atomic E-state index is 10.4. The Morgan fingerprint density at radius 3 is 2.83 bits per heavy atom. The van der Waals surface area contributed by atoms with Crippen LogP contribution in [0, 0.1) is 6.92 Å².